The predicted octanol–water partition coefficient (Wildman–Crippen LogP) is 5.58. The summed E-state index contributed by atoms with van der Waals surface area (Å²) in [5.74, 6) is 1.85. The lowest BCUT2D eigenvalue weighted by Gasteiger charge is -2.12. The average molecular weight is 467 g/mol. The van der Waals surface area contributed by atoms with Gasteiger partial charge >= 0.3 is 0 Å². The number of hydrazone groups is 1. The van der Waals surface area contributed by atoms with Gasteiger partial charge in [0.05, 0.1) is 13.3 Å². The molecule has 0 saturated carbocycles. The SMILES string of the molecule is COc1cc(/C=N/NC(=O)COc2ccc(C(C)C)cc2)ccc1OCc1ccccc1Cl. The average Bonchev–Trinajstić information content (AvgIpc) is 2.83. The Morgan fingerprint density at radius 2 is 1.79 bits per heavy atom. The number of benzene rings is 3. The van der Waals surface area contributed by atoms with E-state index in [4.69, 9.17) is 25.8 Å². The van der Waals surface area contributed by atoms with Crippen molar-refractivity contribution in [2.75, 3.05) is 13.7 Å². The number of carbonyl (C=O) groups excluding carboxylic acids is 1. The Bertz CT molecular complexity index is 1100. The maximum absolute atomic E-state index is 12.0. The van der Waals surface area contributed by atoms with Crippen molar-refractivity contribution >= 4 is 23.7 Å². The smallest absolute Gasteiger partial charge is 0.277 e. The Labute approximate surface area is 199 Å². The number of methoxy groups -OCH3 is 1. The Hall–Kier alpha value is -3.51. The zero-order chi connectivity index (χ0) is 23.6. The van der Waals surface area contributed by atoms with Gasteiger partial charge in [0.2, 0.25) is 0 Å². The number of nitrogens with zero attached hydrogens (tertiary/aromatic N) is 1. The summed E-state index contributed by atoms with van der Waals surface area (Å²) >= 11 is 6.17. The fourth-order valence-electron chi connectivity index (χ4n) is 2.96. The summed E-state index contributed by atoms with van der Waals surface area (Å²) in [5.41, 5.74) is 5.29. The first-order valence-electron chi connectivity index (χ1n) is 10.5. The van der Waals surface area contributed by atoms with E-state index in [1.807, 2.05) is 54.6 Å². The first-order valence-corrected chi connectivity index (χ1v) is 10.9. The van der Waals surface area contributed by atoms with Crippen LogP contribution >= 0.6 is 11.6 Å². The highest BCUT2D eigenvalue weighted by atomic mass is 35.5. The summed E-state index contributed by atoms with van der Waals surface area (Å²) < 4.78 is 16.8. The summed E-state index contributed by atoms with van der Waals surface area (Å²) in [5, 5.41) is 4.63. The number of halogens is 1. The van der Waals surface area contributed by atoms with E-state index in [2.05, 4.69) is 24.4 Å². The highest BCUT2D eigenvalue weighted by Gasteiger charge is 2.08. The van der Waals surface area contributed by atoms with Crippen LogP contribution in [0.25, 0.3) is 0 Å². The lowest BCUT2D eigenvalue weighted by atomic mass is 10.0. The van der Waals surface area contributed by atoms with Gasteiger partial charge in [0.15, 0.2) is 18.1 Å². The van der Waals surface area contributed by atoms with E-state index in [0.717, 1.165) is 11.1 Å². The molecule has 0 unspecified atom stereocenters. The van der Waals surface area contributed by atoms with E-state index in [1.54, 1.807) is 19.2 Å². The summed E-state index contributed by atoms with van der Waals surface area (Å²) in [6, 6.07) is 20.6. The summed E-state index contributed by atoms with van der Waals surface area (Å²) in [6.07, 6.45) is 1.52. The lowest BCUT2D eigenvalue weighted by Crippen LogP contribution is -2.24. The Kier molecular flexibility index (Phi) is 8.72. The van der Waals surface area contributed by atoms with Crippen LogP contribution in [0.1, 0.15) is 36.5 Å². The molecule has 1 N–H and O–H groups in total. The lowest BCUT2D eigenvalue weighted by molar-refractivity contribution is -0.123. The Morgan fingerprint density at radius 3 is 2.48 bits per heavy atom. The highest BCUT2D eigenvalue weighted by molar-refractivity contribution is 6.31. The van der Waals surface area contributed by atoms with Crippen molar-refractivity contribution in [1.82, 2.24) is 5.43 Å². The molecule has 0 fully saturated rings. The molecule has 0 aromatic heterocycles. The Morgan fingerprint density at radius 1 is 1.03 bits per heavy atom. The summed E-state index contributed by atoms with van der Waals surface area (Å²) in [7, 11) is 1.56. The zero-order valence-corrected chi connectivity index (χ0v) is 19.6. The van der Waals surface area contributed by atoms with Crippen molar-refractivity contribution in [1.29, 1.82) is 0 Å². The van der Waals surface area contributed by atoms with Crippen LogP contribution in [0.5, 0.6) is 17.2 Å². The van der Waals surface area contributed by atoms with Crippen LogP contribution in [-0.2, 0) is 11.4 Å². The monoisotopic (exact) mass is 466 g/mol. The van der Waals surface area contributed by atoms with Crippen molar-refractivity contribution < 1.29 is 19.0 Å². The number of ether oxygens (including phenoxy) is 3. The fraction of sp³-hybridized carbons (Fsp3) is 0.231. The number of nitrogens with one attached hydrogen (secondary N) is 1. The molecule has 3 aromatic rings. The normalized spacial score (nSPS) is 10.9. The van der Waals surface area contributed by atoms with Crippen LogP contribution in [0.4, 0.5) is 0 Å². The van der Waals surface area contributed by atoms with Crippen molar-refractivity contribution in [2.45, 2.75) is 26.4 Å². The minimum atomic E-state index is -0.356. The second-order valence-electron chi connectivity index (χ2n) is 7.60. The topological polar surface area (TPSA) is 69.2 Å². The largest absolute Gasteiger partial charge is 0.493 e. The second-order valence-corrected chi connectivity index (χ2v) is 8.00. The minimum absolute atomic E-state index is 0.128. The van der Waals surface area contributed by atoms with E-state index in [9.17, 15) is 4.79 Å². The third-order valence-electron chi connectivity index (χ3n) is 4.85. The van der Waals surface area contributed by atoms with Crippen molar-refractivity contribution in [3.05, 3.63) is 88.4 Å². The minimum Gasteiger partial charge on any atom is -0.493 e. The van der Waals surface area contributed by atoms with E-state index in [0.29, 0.717) is 34.8 Å². The summed E-state index contributed by atoms with van der Waals surface area (Å²) in [6.45, 7) is 4.44. The van der Waals surface area contributed by atoms with Gasteiger partial charge in [0, 0.05) is 10.6 Å². The molecule has 0 aliphatic heterocycles. The molecule has 0 aliphatic carbocycles. The van der Waals surface area contributed by atoms with Gasteiger partial charge < -0.3 is 14.2 Å². The molecule has 0 spiro atoms. The van der Waals surface area contributed by atoms with Crippen molar-refractivity contribution in [2.24, 2.45) is 5.10 Å². The number of hydrogen-bond acceptors (Lipinski definition) is 5. The fourth-order valence-corrected chi connectivity index (χ4v) is 3.15. The zero-order valence-electron chi connectivity index (χ0n) is 18.9. The molecule has 0 radical (unpaired) electrons. The van der Waals surface area contributed by atoms with E-state index < -0.39 is 0 Å². The maximum Gasteiger partial charge on any atom is 0.277 e. The van der Waals surface area contributed by atoms with E-state index in [1.165, 1.54) is 11.8 Å². The van der Waals surface area contributed by atoms with Crippen LogP contribution in [0.3, 0.4) is 0 Å². The van der Waals surface area contributed by atoms with Gasteiger partial charge in [-0.3, -0.25) is 4.79 Å². The number of rotatable bonds is 10. The third-order valence-corrected chi connectivity index (χ3v) is 5.22. The highest BCUT2D eigenvalue weighted by Crippen LogP contribution is 2.29. The first-order chi connectivity index (χ1) is 16.0. The molecule has 33 heavy (non-hydrogen) atoms. The molecular weight excluding hydrogens is 440 g/mol. The van der Waals surface area contributed by atoms with Crippen LogP contribution < -0.4 is 19.6 Å². The van der Waals surface area contributed by atoms with Crippen molar-refractivity contribution in [3.8, 4) is 17.2 Å². The van der Waals surface area contributed by atoms with Gasteiger partial charge in [-0.2, -0.15) is 5.10 Å². The van der Waals surface area contributed by atoms with Crippen LogP contribution in [-0.4, -0.2) is 25.8 Å². The van der Waals surface area contributed by atoms with Crippen LogP contribution in [0.2, 0.25) is 5.02 Å². The van der Waals surface area contributed by atoms with E-state index in [-0.39, 0.29) is 12.5 Å². The molecule has 3 rings (SSSR count). The molecule has 6 nitrogen and oxygen atoms in total. The molecule has 3 aromatic carbocycles. The number of amides is 1. The molecule has 1 amide bonds. The number of carbonyl (C=O) groups is 1. The molecule has 0 aliphatic rings. The molecule has 0 atom stereocenters. The molecule has 0 heterocycles. The van der Waals surface area contributed by atoms with E-state index >= 15 is 0 Å². The maximum atomic E-state index is 12.0. The predicted molar refractivity (Wildman–Crippen MR) is 131 cm³/mol. The second kappa shape index (κ2) is 11.9. The summed E-state index contributed by atoms with van der Waals surface area (Å²) in [4.78, 5) is 12.0. The quantitative estimate of drug-likeness (QED) is 0.313. The number of hydrogen-bond donors (Lipinski definition) is 1. The third kappa shape index (κ3) is 7.26. The van der Waals surface area contributed by atoms with Gasteiger partial charge in [-0.25, -0.2) is 5.43 Å². The van der Waals surface area contributed by atoms with Crippen LogP contribution in [0, 0.1) is 0 Å². The molecular formula is C26H27ClN2O4. The van der Waals surface area contributed by atoms with Gasteiger partial charge in [-0.05, 0) is 53.4 Å². The molecule has 0 saturated heterocycles. The molecule has 7 heteroatoms. The first kappa shape index (κ1) is 24.1. The van der Waals surface area contributed by atoms with Gasteiger partial charge in [0.1, 0.15) is 12.4 Å². The standard InChI is InChI=1S/C26H27ClN2O4/c1-18(2)20-9-11-22(12-10-20)32-17-26(30)29-28-15-19-8-13-24(25(14-19)31-3)33-16-21-6-4-5-7-23(21)27/h4-15,18H,16-17H2,1-3H3,(H,29,30)/b28-15+. The Balaban J connectivity index is 1.50. The van der Waals surface area contributed by atoms with Gasteiger partial charge in [0.25, 0.3) is 5.91 Å². The van der Waals surface area contributed by atoms with Gasteiger partial charge in [-0.1, -0.05) is 55.8 Å². The van der Waals surface area contributed by atoms with Gasteiger partial charge in [-0.15, -0.1) is 0 Å². The van der Waals surface area contributed by atoms with Crippen LogP contribution in [0.15, 0.2) is 71.8 Å². The molecule has 0 bridgehead atoms. The van der Waals surface area contributed by atoms with Crippen molar-refractivity contribution in [3.63, 3.8) is 0 Å². The molecule has 172 valence electrons.